The Morgan fingerprint density at radius 1 is 1.35 bits per heavy atom. The summed E-state index contributed by atoms with van der Waals surface area (Å²) < 4.78 is 26.4. The van der Waals surface area contributed by atoms with E-state index in [9.17, 15) is 8.42 Å². The molecule has 2 rings (SSSR count). The van der Waals surface area contributed by atoms with Gasteiger partial charge in [-0.1, -0.05) is 6.07 Å². The summed E-state index contributed by atoms with van der Waals surface area (Å²) in [7, 11) is -3.44. The molecule has 1 fully saturated rings. The van der Waals surface area contributed by atoms with Crippen LogP contribution in [0.1, 0.15) is 12.8 Å². The van der Waals surface area contributed by atoms with Crippen molar-refractivity contribution in [2.45, 2.75) is 17.9 Å². The molecule has 17 heavy (non-hydrogen) atoms. The lowest BCUT2D eigenvalue weighted by Crippen LogP contribution is -2.36. The minimum absolute atomic E-state index is 0.0916. The molecule has 1 aromatic heterocycles. The Morgan fingerprint density at radius 3 is 2.76 bits per heavy atom. The van der Waals surface area contributed by atoms with Crippen molar-refractivity contribution in [3.05, 3.63) is 24.4 Å². The maximum absolute atomic E-state index is 11.9. The summed E-state index contributed by atoms with van der Waals surface area (Å²) >= 11 is 0. The van der Waals surface area contributed by atoms with Crippen LogP contribution in [0.4, 0.5) is 0 Å². The first-order chi connectivity index (χ1) is 8.18. The summed E-state index contributed by atoms with van der Waals surface area (Å²) in [5, 5.41) is 3.35. The van der Waals surface area contributed by atoms with E-state index in [0.29, 0.717) is 12.5 Å². The van der Waals surface area contributed by atoms with E-state index < -0.39 is 10.0 Å². The molecule has 1 aliphatic heterocycles. The average Bonchev–Trinajstić information content (AvgIpc) is 2.39. The molecule has 0 radical (unpaired) electrons. The molecule has 0 bridgehead atoms. The molecular formula is C11H17N3O2S. The molecule has 6 heteroatoms. The third kappa shape index (κ3) is 3.49. The number of nitrogens with one attached hydrogen (secondary N) is 2. The van der Waals surface area contributed by atoms with Crippen molar-refractivity contribution in [1.29, 1.82) is 0 Å². The summed E-state index contributed by atoms with van der Waals surface area (Å²) in [5.74, 6) is 0.426. The van der Waals surface area contributed by atoms with Crippen molar-refractivity contribution in [3.8, 4) is 0 Å². The molecule has 0 saturated carbocycles. The van der Waals surface area contributed by atoms with Crippen molar-refractivity contribution in [2.75, 3.05) is 19.6 Å². The van der Waals surface area contributed by atoms with Crippen LogP contribution in [0.3, 0.4) is 0 Å². The van der Waals surface area contributed by atoms with Gasteiger partial charge in [-0.15, -0.1) is 0 Å². The van der Waals surface area contributed by atoms with E-state index in [1.54, 1.807) is 12.1 Å². The molecule has 0 unspecified atom stereocenters. The van der Waals surface area contributed by atoms with Gasteiger partial charge in [0.05, 0.1) is 0 Å². The number of piperidine rings is 1. The number of hydrogen-bond acceptors (Lipinski definition) is 4. The molecule has 1 aliphatic rings. The molecule has 2 heterocycles. The lowest BCUT2D eigenvalue weighted by Gasteiger charge is -2.22. The molecule has 0 atom stereocenters. The maximum Gasteiger partial charge on any atom is 0.258 e. The fourth-order valence-corrected chi connectivity index (χ4v) is 2.95. The van der Waals surface area contributed by atoms with Crippen molar-refractivity contribution in [3.63, 3.8) is 0 Å². The van der Waals surface area contributed by atoms with E-state index in [-0.39, 0.29) is 5.03 Å². The van der Waals surface area contributed by atoms with Gasteiger partial charge in [0.1, 0.15) is 0 Å². The van der Waals surface area contributed by atoms with E-state index in [4.69, 9.17) is 0 Å². The third-order valence-electron chi connectivity index (χ3n) is 2.93. The van der Waals surface area contributed by atoms with Gasteiger partial charge in [0.25, 0.3) is 10.0 Å². The Kier molecular flexibility index (Phi) is 4.09. The van der Waals surface area contributed by atoms with E-state index >= 15 is 0 Å². The SMILES string of the molecule is O=S(=O)(NCC1CCNCC1)c1ccccn1. The highest BCUT2D eigenvalue weighted by Gasteiger charge is 2.19. The second-order valence-corrected chi connectivity index (χ2v) is 5.93. The molecule has 0 aromatic carbocycles. The second-order valence-electron chi connectivity index (χ2n) is 4.21. The predicted molar refractivity (Wildman–Crippen MR) is 65.0 cm³/mol. The van der Waals surface area contributed by atoms with Crippen LogP contribution in [-0.4, -0.2) is 33.0 Å². The second kappa shape index (κ2) is 5.57. The zero-order valence-corrected chi connectivity index (χ0v) is 10.4. The van der Waals surface area contributed by atoms with Crippen LogP contribution in [0.25, 0.3) is 0 Å². The minimum atomic E-state index is -3.44. The number of aromatic nitrogens is 1. The van der Waals surface area contributed by atoms with Crippen LogP contribution >= 0.6 is 0 Å². The first kappa shape index (κ1) is 12.5. The highest BCUT2D eigenvalue weighted by molar-refractivity contribution is 7.89. The van der Waals surface area contributed by atoms with E-state index in [2.05, 4.69) is 15.0 Å². The third-order valence-corrected chi connectivity index (χ3v) is 4.27. The van der Waals surface area contributed by atoms with Crippen molar-refractivity contribution in [1.82, 2.24) is 15.0 Å². The zero-order chi connectivity index (χ0) is 12.1. The molecule has 0 aliphatic carbocycles. The summed E-state index contributed by atoms with van der Waals surface area (Å²) in [5.41, 5.74) is 0. The zero-order valence-electron chi connectivity index (χ0n) is 9.59. The van der Waals surface area contributed by atoms with E-state index in [1.165, 1.54) is 12.3 Å². The predicted octanol–water partition coefficient (Wildman–Crippen LogP) is 0.359. The van der Waals surface area contributed by atoms with Gasteiger partial charge in [-0.25, -0.2) is 18.1 Å². The summed E-state index contributed by atoms with van der Waals surface area (Å²) in [4.78, 5) is 3.85. The standard InChI is InChI=1S/C11H17N3O2S/c15-17(16,11-3-1-2-6-13-11)14-9-10-4-7-12-8-5-10/h1-3,6,10,12,14H,4-5,7-9H2. The van der Waals surface area contributed by atoms with E-state index in [1.807, 2.05) is 0 Å². The Bertz CT molecular complexity index is 441. The Balaban J connectivity index is 1.94. The fraction of sp³-hybridized carbons (Fsp3) is 0.545. The molecule has 0 amide bonds. The lowest BCUT2D eigenvalue weighted by molar-refractivity contribution is 0.372. The normalized spacial score (nSPS) is 18.1. The van der Waals surface area contributed by atoms with Gasteiger partial charge in [0, 0.05) is 12.7 Å². The maximum atomic E-state index is 11.9. The number of pyridine rings is 1. The number of sulfonamides is 1. The molecular weight excluding hydrogens is 238 g/mol. The summed E-state index contributed by atoms with van der Waals surface area (Å²) in [6.45, 7) is 2.44. The van der Waals surface area contributed by atoms with Gasteiger partial charge in [0.2, 0.25) is 0 Å². The van der Waals surface area contributed by atoms with Gasteiger partial charge in [-0.05, 0) is 44.0 Å². The van der Waals surface area contributed by atoms with Crippen molar-refractivity contribution in [2.24, 2.45) is 5.92 Å². The topological polar surface area (TPSA) is 71.1 Å². The highest BCUT2D eigenvalue weighted by atomic mass is 32.2. The van der Waals surface area contributed by atoms with Crippen LogP contribution in [0.2, 0.25) is 0 Å². The number of nitrogens with zero attached hydrogens (tertiary/aromatic N) is 1. The lowest BCUT2D eigenvalue weighted by atomic mass is 9.99. The minimum Gasteiger partial charge on any atom is -0.317 e. The first-order valence-corrected chi connectivity index (χ1v) is 7.28. The van der Waals surface area contributed by atoms with Gasteiger partial charge in [-0.3, -0.25) is 0 Å². The van der Waals surface area contributed by atoms with Crippen LogP contribution in [0.5, 0.6) is 0 Å². The van der Waals surface area contributed by atoms with Gasteiger partial charge >= 0.3 is 0 Å². The monoisotopic (exact) mass is 255 g/mol. The van der Waals surface area contributed by atoms with Crippen molar-refractivity contribution >= 4 is 10.0 Å². The molecule has 5 nitrogen and oxygen atoms in total. The fourth-order valence-electron chi connectivity index (χ4n) is 1.89. The summed E-state index contributed by atoms with van der Waals surface area (Å²) in [6.07, 6.45) is 3.52. The van der Waals surface area contributed by atoms with Crippen LogP contribution in [0, 0.1) is 5.92 Å². The smallest absolute Gasteiger partial charge is 0.258 e. The molecule has 1 aromatic rings. The quantitative estimate of drug-likeness (QED) is 0.815. The van der Waals surface area contributed by atoms with Gasteiger partial charge in [0.15, 0.2) is 5.03 Å². The Hall–Kier alpha value is -0.980. The van der Waals surface area contributed by atoms with E-state index in [0.717, 1.165) is 25.9 Å². The summed E-state index contributed by atoms with van der Waals surface area (Å²) in [6, 6.07) is 4.88. The Morgan fingerprint density at radius 2 is 2.12 bits per heavy atom. The molecule has 2 N–H and O–H groups in total. The van der Waals surface area contributed by atoms with Crippen LogP contribution in [-0.2, 0) is 10.0 Å². The van der Waals surface area contributed by atoms with Gasteiger partial charge in [-0.2, -0.15) is 0 Å². The first-order valence-electron chi connectivity index (χ1n) is 5.80. The van der Waals surface area contributed by atoms with Gasteiger partial charge < -0.3 is 5.32 Å². The number of rotatable bonds is 4. The molecule has 94 valence electrons. The average molecular weight is 255 g/mol. The largest absolute Gasteiger partial charge is 0.317 e. The molecule has 0 spiro atoms. The number of hydrogen-bond donors (Lipinski definition) is 2. The van der Waals surface area contributed by atoms with Crippen LogP contribution in [0.15, 0.2) is 29.4 Å². The molecule has 1 saturated heterocycles. The van der Waals surface area contributed by atoms with Crippen molar-refractivity contribution < 1.29 is 8.42 Å². The Labute approximate surface area is 102 Å². The van der Waals surface area contributed by atoms with Crippen LogP contribution < -0.4 is 10.0 Å². The highest BCUT2D eigenvalue weighted by Crippen LogP contribution is 2.11.